The van der Waals surface area contributed by atoms with Crippen molar-refractivity contribution in [2.45, 2.75) is 9.92 Å². The summed E-state index contributed by atoms with van der Waals surface area (Å²) in [5.41, 5.74) is 0. The molecule has 0 aliphatic carbocycles. The van der Waals surface area contributed by atoms with Gasteiger partial charge in [-0.05, 0) is 24.3 Å². The molecule has 1 nitrogen and oxygen atoms in total. The summed E-state index contributed by atoms with van der Waals surface area (Å²) in [5, 5.41) is 2.59. The van der Waals surface area contributed by atoms with Crippen molar-refractivity contribution >= 4 is 46.6 Å². The van der Waals surface area contributed by atoms with Gasteiger partial charge >= 0.3 is 0 Å². The first-order chi connectivity index (χ1) is 7.16. The van der Waals surface area contributed by atoms with Crippen LogP contribution in [0.5, 0.6) is 0 Å². The lowest BCUT2D eigenvalue weighted by molar-refractivity contribution is 1.20. The molecule has 2 rings (SSSR count). The average molecular weight is 279 g/mol. The highest BCUT2D eigenvalue weighted by molar-refractivity contribution is 7.99. The molecular formula is C10H6Cl3NS. The molecule has 0 aliphatic rings. The molecule has 78 valence electrons. The van der Waals surface area contributed by atoms with Gasteiger partial charge in [0, 0.05) is 11.1 Å². The first-order valence-corrected chi connectivity index (χ1v) is 6.07. The Morgan fingerprint density at radius 3 is 2.40 bits per heavy atom. The monoisotopic (exact) mass is 277 g/mol. The molecule has 1 aromatic carbocycles. The van der Waals surface area contributed by atoms with Crippen molar-refractivity contribution < 1.29 is 0 Å². The second-order valence-corrected chi connectivity index (χ2v) is 5.14. The number of nitrogens with one attached hydrogen (secondary N) is 1. The highest BCUT2D eigenvalue weighted by atomic mass is 35.5. The lowest BCUT2D eigenvalue weighted by Gasteiger charge is -2.04. The van der Waals surface area contributed by atoms with Crippen LogP contribution in [-0.4, -0.2) is 4.98 Å². The number of rotatable bonds is 2. The van der Waals surface area contributed by atoms with Crippen LogP contribution >= 0.6 is 46.6 Å². The van der Waals surface area contributed by atoms with Crippen molar-refractivity contribution in [3.8, 4) is 0 Å². The van der Waals surface area contributed by atoms with Crippen LogP contribution in [0.15, 0.2) is 40.4 Å². The minimum atomic E-state index is 0.470. The number of aromatic amines is 1. The maximum atomic E-state index is 6.04. The molecule has 0 radical (unpaired) electrons. The zero-order valence-electron chi connectivity index (χ0n) is 7.43. The van der Waals surface area contributed by atoms with Crippen LogP contribution < -0.4 is 0 Å². The molecule has 1 N–H and O–H groups in total. The van der Waals surface area contributed by atoms with Crippen molar-refractivity contribution in [1.29, 1.82) is 0 Å². The minimum absolute atomic E-state index is 0.470. The third-order valence-corrected chi connectivity index (χ3v) is 3.94. The molecule has 0 amide bonds. The van der Waals surface area contributed by atoms with Gasteiger partial charge in [0.1, 0.15) is 0 Å². The van der Waals surface area contributed by atoms with Crippen molar-refractivity contribution in [2.24, 2.45) is 0 Å². The van der Waals surface area contributed by atoms with Gasteiger partial charge in [0.25, 0.3) is 0 Å². The van der Waals surface area contributed by atoms with Gasteiger partial charge in [-0.1, -0.05) is 46.6 Å². The van der Waals surface area contributed by atoms with E-state index in [1.165, 1.54) is 11.8 Å². The second kappa shape index (κ2) is 4.71. The Labute approximate surface area is 107 Å². The van der Waals surface area contributed by atoms with Gasteiger partial charge in [-0.15, -0.1) is 0 Å². The zero-order chi connectivity index (χ0) is 10.8. The molecule has 0 spiro atoms. The maximum absolute atomic E-state index is 6.04. The fourth-order valence-corrected chi connectivity index (χ4v) is 2.65. The number of benzene rings is 1. The topological polar surface area (TPSA) is 15.8 Å². The summed E-state index contributed by atoms with van der Waals surface area (Å²) in [7, 11) is 0. The van der Waals surface area contributed by atoms with E-state index in [1.807, 2.05) is 18.3 Å². The molecule has 0 aliphatic heterocycles. The van der Waals surface area contributed by atoms with Crippen LogP contribution in [0.3, 0.4) is 0 Å². The van der Waals surface area contributed by atoms with E-state index < -0.39 is 0 Å². The Hall–Kier alpha value is -0.280. The highest BCUT2D eigenvalue weighted by Gasteiger charge is 2.07. The van der Waals surface area contributed by atoms with E-state index in [0.717, 1.165) is 9.92 Å². The van der Waals surface area contributed by atoms with E-state index in [9.17, 15) is 0 Å². The molecule has 0 saturated heterocycles. The zero-order valence-corrected chi connectivity index (χ0v) is 10.5. The summed E-state index contributed by atoms with van der Waals surface area (Å²) in [4.78, 5) is 3.96. The summed E-state index contributed by atoms with van der Waals surface area (Å²) in [6, 6.07) is 7.30. The number of H-pyrrole nitrogens is 1. The summed E-state index contributed by atoms with van der Waals surface area (Å²) in [6.07, 6.45) is 1.85. The standard InChI is InChI=1S/C10H6Cl3NS/c11-6-4-8(13)9(5-7(6)12)15-10-2-1-3-14-10/h1-5,14H. The maximum Gasteiger partial charge on any atom is 0.0770 e. The van der Waals surface area contributed by atoms with E-state index in [0.29, 0.717) is 15.1 Å². The number of halogens is 3. The van der Waals surface area contributed by atoms with Gasteiger partial charge in [-0.2, -0.15) is 0 Å². The lowest BCUT2D eigenvalue weighted by Crippen LogP contribution is -1.77. The predicted octanol–water partition coefficient (Wildman–Crippen LogP) is 5.13. The molecule has 0 atom stereocenters. The summed E-state index contributed by atoms with van der Waals surface area (Å²) in [5.74, 6) is 0. The van der Waals surface area contributed by atoms with Crippen LogP contribution in [0.4, 0.5) is 0 Å². The van der Waals surface area contributed by atoms with E-state index in [1.54, 1.807) is 12.1 Å². The van der Waals surface area contributed by atoms with Crippen LogP contribution in [0.25, 0.3) is 0 Å². The molecule has 0 unspecified atom stereocenters. The summed E-state index contributed by atoms with van der Waals surface area (Å²) >= 11 is 19.3. The van der Waals surface area contributed by atoms with E-state index >= 15 is 0 Å². The Morgan fingerprint density at radius 2 is 1.73 bits per heavy atom. The number of hydrogen-bond acceptors (Lipinski definition) is 1. The second-order valence-electron chi connectivity index (χ2n) is 2.83. The van der Waals surface area contributed by atoms with Gasteiger partial charge in [-0.3, -0.25) is 0 Å². The molecule has 0 bridgehead atoms. The number of aromatic nitrogens is 1. The quantitative estimate of drug-likeness (QED) is 0.753. The first kappa shape index (κ1) is 11.2. The summed E-state index contributed by atoms with van der Waals surface area (Å²) in [6.45, 7) is 0. The van der Waals surface area contributed by atoms with Crippen molar-refractivity contribution in [2.75, 3.05) is 0 Å². The largest absolute Gasteiger partial charge is 0.356 e. The number of hydrogen-bond donors (Lipinski definition) is 1. The van der Waals surface area contributed by atoms with E-state index in [-0.39, 0.29) is 0 Å². The van der Waals surface area contributed by atoms with Crippen LogP contribution in [0.1, 0.15) is 0 Å². The molecule has 5 heteroatoms. The molecular weight excluding hydrogens is 273 g/mol. The fourth-order valence-electron chi connectivity index (χ4n) is 1.08. The lowest BCUT2D eigenvalue weighted by atomic mass is 10.4. The van der Waals surface area contributed by atoms with Gasteiger partial charge < -0.3 is 4.98 Å². The molecule has 1 heterocycles. The average Bonchev–Trinajstić information content (AvgIpc) is 2.67. The van der Waals surface area contributed by atoms with Crippen LogP contribution in [-0.2, 0) is 0 Å². The van der Waals surface area contributed by atoms with Crippen LogP contribution in [0, 0.1) is 0 Å². The third-order valence-electron chi connectivity index (χ3n) is 1.76. The Kier molecular flexibility index (Phi) is 3.52. The molecule has 2 aromatic rings. The smallest absolute Gasteiger partial charge is 0.0770 e. The highest BCUT2D eigenvalue weighted by Crippen LogP contribution is 2.37. The normalized spacial score (nSPS) is 10.6. The third kappa shape index (κ3) is 2.64. The van der Waals surface area contributed by atoms with Gasteiger partial charge in [0.15, 0.2) is 0 Å². The molecule has 15 heavy (non-hydrogen) atoms. The SMILES string of the molecule is Clc1cc(Cl)c(Sc2ccc[nH]2)cc1Cl. The Balaban J connectivity index is 2.33. The Morgan fingerprint density at radius 1 is 1.00 bits per heavy atom. The van der Waals surface area contributed by atoms with Crippen molar-refractivity contribution in [3.05, 3.63) is 45.5 Å². The van der Waals surface area contributed by atoms with Gasteiger partial charge in [0.05, 0.1) is 20.1 Å². The van der Waals surface area contributed by atoms with Crippen molar-refractivity contribution in [1.82, 2.24) is 4.98 Å². The molecule has 0 saturated carbocycles. The molecule has 1 aromatic heterocycles. The van der Waals surface area contributed by atoms with E-state index in [4.69, 9.17) is 34.8 Å². The minimum Gasteiger partial charge on any atom is -0.356 e. The summed E-state index contributed by atoms with van der Waals surface area (Å²) < 4.78 is 0. The van der Waals surface area contributed by atoms with Crippen LogP contribution in [0.2, 0.25) is 15.1 Å². The fraction of sp³-hybridized carbons (Fsp3) is 0. The van der Waals surface area contributed by atoms with Crippen molar-refractivity contribution in [3.63, 3.8) is 0 Å². The Bertz CT molecular complexity index is 468. The first-order valence-electron chi connectivity index (χ1n) is 4.12. The van der Waals surface area contributed by atoms with Gasteiger partial charge in [-0.25, -0.2) is 0 Å². The van der Waals surface area contributed by atoms with Gasteiger partial charge in [0.2, 0.25) is 0 Å². The molecule has 0 fully saturated rings. The van der Waals surface area contributed by atoms with E-state index in [2.05, 4.69) is 4.98 Å². The predicted molar refractivity (Wildman–Crippen MR) is 66.4 cm³/mol.